The van der Waals surface area contributed by atoms with Crippen LogP contribution in [0, 0.1) is 5.92 Å². The molecule has 1 fully saturated rings. The summed E-state index contributed by atoms with van der Waals surface area (Å²) in [5.41, 5.74) is 1.60. The molecule has 104 valence electrons. The van der Waals surface area contributed by atoms with E-state index in [4.69, 9.17) is 0 Å². The van der Waals surface area contributed by atoms with Crippen LogP contribution in [0.1, 0.15) is 31.4 Å². The minimum absolute atomic E-state index is 0.0649. The lowest BCUT2D eigenvalue weighted by Gasteiger charge is -2.13. The zero-order valence-electron chi connectivity index (χ0n) is 11.0. The molecule has 19 heavy (non-hydrogen) atoms. The van der Waals surface area contributed by atoms with Gasteiger partial charge in [-0.1, -0.05) is 12.1 Å². The van der Waals surface area contributed by atoms with Crippen molar-refractivity contribution in [1.29, 1.82) is 0 Å². The molecule has 5 nitrogen and oxygen atoms in total. The summed E-state index contributed by atoms with van der Waals surface area (Å²) in [6.45, 7) is 1.78. The van der Waals surface area contributed by atoms with Gasteiger partial charge in [-0.05, 0) is 37.5 Å². The highest BCUT2D eigenvalue weighted by atomic mass is 32.2. The first kappa shape index (κ1) is 14.0. The van der Waals surface area contributed by atoms with Gasteiger partial charge in [0, 0.05) is 17.6 Å². The Morgan fingerprint density at radius 2 is 1.84 bits per heavy atom. The summed E-state index contributed by atoms with van der Waals surface area (Å²) >= 11 is 0. The highest BCUT2D eigenvalue weighted by Crippen LogP contribution is 2.30. The lowest BCUT2D eigenvalue weighted by atomic mass is 10.1. The second-order valence-electron chi connectivity index (χ2n) is 5.00. The summed E-state index contributed by atoms with van der Waals surface area (Å²) in [7, 11) is -3.22. The van der Waals surface area contributed by atoms with E-state index in [0.717, 1.165) is 30.3 Å². The average molecular weight is 282 g/mol. The third-order valence-electron chi connectivity index (χ3n) is 3.02. The summed E-state index contributed by atoms with van der Waals surface area (Å²) in [5.74, 6) is 0.237. The number of anilines is 1. The molecule has 1 aliphatic rings. The first-order chi connectivity index (χ1) is 8.85. The van der Waals surface area contributed by atoms with Gasteiger partial charge < -0.3 is 5.32 Å². The van der Waals surface area contributed by atoms with E-state index in [9.17, 15) is 13.2 Å². The number of hydrogen-bond donors (Lipinski definition) is 2. The number of carbonyl (C=O) groups is 1. The molecule has 0 aliphatic heterocycles. The molecular formula is C13H18N2O3S. The maximum Gasteiger partial charge on any atom is 0.227 e. The first-order valence-corrected chi connectivity index (χ1v) is 8.12. The number of sulfonamides is 1. The van der Waals surface area contributed by atoms with Crippen molar-refractivity contribution in [3.8, 4) is 0 Å². The van der Waals surface area contributed by atoms with Crippen LogP contribution < -0.4 is 10.0 Å². The van der Waals surface area contributed by atoms with E-state index in [0.29, 0.717) is 0 Å². The van der Waals surface area contributed by atoms with Crippen molar-refractivity contribution >= 4 is 21.6 Å². The van der Waals surface area contributed by atoms with Crippen molar-refractivity contribution in [3.63, 3.8) is 0 Å². The highest BCUT2D eigenvalue weighted by molar-refractivity contribution is 7.88. The van der Waals surface area contributed by atoms with Crippen molar-refractivity contribution in [1.82, 2.24) is 4.72 Å². The van der Waals surface area contributed by atoms with Crippen LogP contribution in [0.25, 0.3) is 0 Å². The van der Waals surface area contributed by atoms with Crippen LogP contribution in [0.4, 0.5) is 5.69 Å². The quantitative estimate of drug-likeness (QED) is 0.862. The van der Waals surface area contributed by atoms with Crippen molar-refractivity contribution in [2.24, 2.45) is 5.92 Å². The zero-order valence-corrected chi connectivity index (χ0v) is 11.8. The molecule has 0 radical (unpaired) electrons. The molecule has 1 aromatic carbocycles. The maximum absolute atomic E-state index is 11.6. The Balaban J connectivity index is 1.99. The second-order valence-corrected chi connectivity index (χ2v) is 6.78. The SMILES string of the molecule is CC(NS(C)(=O)=O)c1ccc(NC(=O)C2CC2)cc1. The fraction of sp³-hybridized carbons (Fsp3) is 0.462. The predicted molar refractivity (Wildman–Crippen MR) is 74.2 cm³/mol. The molecule has 6 heteroatoms. The predicted octanol–water partition coefficient (Wildman–Crippen LogP) is 1.65. The topological polar surface area (TPSA) is 75.3 Å². The number of hydrogen-bond acceptors (Lipinski definition) is 3. The van der Waals surface area contributed by atoms with Crippen LogP contribution >= 0.6 is 0 Å². The number of benzene rings is 1. The van der Waals surface area contributed by atoms with Crippen molar-refractivity contribution in [2.45, 2.75) is 25.8 Å². The average Bonchev–Trinajstić information content (AvgIpc) is 3.11. The minimum atomic E-state index is -3.22. The summed E-state index contributed by atoms with van der Waals surface area (Å²) in [4.78, 5) is 11.6. The molecule has 1 amide bonds. The smallest absolute Gasteiger partial charge is 0.227 e. The standard InChI is InChI=1S/C13H18N2O3S/c1-9(15-19(2,17)18)10-5-7-12(8-6-10)14-13(16)11-3-4-11/h5-9,11,15H,3-4H2,1-2H3,(H,14,16). The zero-order chi connectivity index (χ0) is 14.0. The third-order valence-corrected chi connectivity index (χ3v) is 3.80. The van der Waals surface area contributed by atoms with Gasteiger partial charge in [0.05, 0.1) is 6.26 Å². The molecule has 0 aromatic heterocycles. The molecule has 1 aliphatic carbocycles. The van der Waals surface area contributed by atoms with Crippen LogP contribution in [0.15, 0.2) is 24.3 Å². The molecule has 1 aromatic rings. The first-order valence-electron chi connectivity index (χ1n) is 6.23. The molecule has 2 rings (SSSR count). The van der Waals surface area contributed by atoms with E-state index < -0.39 is 10.0 Å². The summed E-state index contributed by atoms with van der Waals surface area (Å²) in [6.07, 6.45) is 3.08. The van der Waals surface area contributed by atoms with E-state index in [1.807, 2.05) is 12.1 Å². The Hall–Kier alpha value is -1.40. The number of amides is 1. The highest BCUT2D eigenvalue weighted by Gasteiger charge is 2.29. The van der Waals surface area contributed by atoms with E-state index in [1.54, 1.807) is 19.1 Å². The fourth-order valence-corrected chi connectivity index (χ4v) is 2.61. The Morgan fingerprint density at radius 1 is 1.26 bits per heavy atom. The number of rotatable bonds is 5. The Bertz CT molecular complexity index is 562. The van der Waals surface area contributed by atoms with Crippen molar-refractivity contribution < 1.29 is 13.2 Å². The van der Waals surface area contributed by atoms with Crippen molar-refractivity contribution in [3.05, 3.63) is 29.8 Å². The molecule has 1 unspecified atom stereocenters. The Morgan fingerprint density at radius 3 is 2.32 bits per heavy atom. The molecular weight excluding hydrogens is 264 g/mol. The van der Waals surface area contributed by atoms with E-state index in [2.05, 4.69) is 10.0 Å². The van der Waals surface area contributed by atoms with Gasteiger partial charge in [-0.25, -0.2) is 13.1 Å². The second kappa shape index (κ2) is 5.30. The van der Waals surface area contributed by atoms with Crippen LogP contribution in [-0.4, -0.2) is 20.6 Å². The van der Waals surface area contributed by atoms with Gasteiger partial charge in [-0.3, -0.25) is 4.79 Å². The maximum atomic E-state index is 11.6. The van der Waals surface area contributed by atoms with Gasteiger partial charge >= 0.3 is 0 Å². The van der Waals surface area contributed by atoms with Gasteiger partial charge in [0.25, 0.3) is 0 Å². The molecule has 0 saturated heterocycles. The van der Waals surface area contributed by atoms with Crippen LogP contribution in [-0.2, 0) is 14.8 Å². The van der Waals surface area contributed by atoms with Gasteiger partial charge in [-0.15, -0.1) is 0 Å². The minimum Gasteiger partial charge on any atom is -0.326 e. The van der Waals surface area contributed by atoms with Crippen molar-refractivity contribution in [2.75, 3.05) is 11.6 Å². The number of nitrogens with one attached hydrogen (secondary N) is 2. The molecule has 2 N–H and O–H groups in total. The third kappa shape index (κ3) is 4.33. The lowest BCUT2D eigenvalue weighted by Crippen LogP contribution is -2.25. The van der Waals surface area contributed by atoms with Gasteiger partial charge in [0.2, 0.25) is 15.9 Å². The van der Waals surface area contributed by atoms with Crippen LogP contribution in [0.3, 0.4) is 0 Å². The molecule has 0 spiro atoms. The fourth-order valence-electron chi connectivity index (χ4n) is 1.83. The van der Waals surface area contributed by atoms with Gasteiger partial charge in [0.15, 0.2) is 0 Å². The summed E-state index contributed by atoms with van der Waals surface area (Å²) < 4.78 is 24.8. The van der Waals surface area contributed by atoms with Crippen LogP contribution in [0.2, 0.25) is 0 Å². The monoisotopic (exact) mass is 282 g/mol. The number of carbonyl (C=O) groups excluding carboxylic acids is 1. The van der Waals surface area contributed by atoms with Crippen LogP contribution in [0.5, 0.6) is 0 Å². The van der Waals surface area contributed by atoms with E-state index >= 15 is 0 Å². The summed E-state index contributed by atoms with van der Waals surface area (Å²) in [5, 5.41) is 2.84. The Kier molecular flexibility index (Phi) is 3.91. The summed E-state index contributed by atoms with van der Waals surface area (Å²) in [6, 6.07) is 6.91. The molecule has 0 heterocycles. The van der Waals surface area contributed by atoms with E-state index in [1.165, 1.54) is 0 Å². The van der Waals surface area contributed by atoms with Gasteiger partial charge in [-0.2, -0.15) is 0 Å². The molecule has 1 atom stereocenters. The van der Waals surface area contributed by atoms with E-state index in [-0.39, 0.29) is 17.9 Å². The molecule has 1 saturated carbocycles. The van der Waals surface area contributed by atoms with Gasteiger partial charge in [0.1, 0.15) is 0 Å². The molecule has 0 bridgehead atoms. The normalized spacial score (nSPS) is 16.9. The lowest BCUT2D eigenvalue weighted by molar-refractivity contribution is -0.117. The Labute approximate surface area is 113 Å². The largest absolute Gasteiger partial charge is 0.326 e.